The topological polar surface area (TPSA) is 78.9 Å². The highest BCUT2D eigenvalue weighted by molar-refractivity contribution is 7.99. The van der Waals surface area contributed by atoms with Crippen LogP contribution in [-0.4, -0.2) is 22.1 Å². The Bertz CT molecular complexity index is 1520. The minimum absolute atomic E-state index is 0.0595. The third-order valence-corrected chi connectivity index (χ3v) is 7.99. The number of ether oxygens (including phenoxy) is 1. The molecule has 0 amide bonds. The molecule has 2 aliphatic rings. The second-order valence-corrected chi connectivity index (χ2v) is 10.2. The predicted octanol–water partition coefficient (Wildman–Crippen LogP) is 6.14. The molecule has 0 radical (unpaired) electrons. The van der Waals surface area contributed by atoms with Crippen LogP contribution in [0.2, 0.25) is 0 Å². The van der Waals surface area contributed by atoms with Gasteiger partial charge in [0.25, 0.3) is 5.56 Å². The molecule has 0 saturated heterocycles. The third-order valence-electron chi connectivity index (χ3n) is 6.82. The van der Waals surface area contributed by atoms with Gasteiger partial charge in [-0.25, -0.2) is 0 Å². The van der Waals surface area contributed by atoms with Gasteiger partial charge in [-0.15, -0.1) is 11.8 Å². The number of pyridine rings is 1. The Labute approximate surface area is 207 Å². The molecule has 2 heterocycles. The summed E-state index contributed by atoms with van der Waals surface area (Å²) >= 11 is 1.64. The highest BCUT2D eigenvalue weighted by Gasteiger charge is 2.37. The molecule has 1 aromatic heterocycles. The molecule has 1 saturated carbocycles. The van der Waals surface area contributed by atoms with Gasteiger partial charge in [-0.05, 0) is 64.8 Å². The van der Waals surface area contributed by atoms with Crippen LogP contribution in [0.15, 0.2) is 88.7 Å². The molecule has 1 aliphatic carbocycles. The summed E-state index contributed by atoms with van der Waals surface area (Å²) in [5.74, 6) is 0.895. The number of nitrogens with one attached hydrogen (secondary N) is 2. The van der Waals surface area contributed by atoms with Crippen molar-refractivity contribution in [1.82, 2.24) is 4.57 Å². The van der Waals surface area contributed by atoms with Crippen LogP contribution in [0.1, 0.15) is 47.1 Å². The van der Waals surface area contributed by atoms with Gasteiger partial charge in [-0.3, -0.25) is 20.2 Å². The van der Waals surface area contributed by atoms with E-state index in [1.165, 1.54) is 21.9 Å². The fraction of sp³-hybridized carbons (Fsp3) is 0.207. The molecule has 0 spiro atoms. The number of rotatable bonds is 5. The number of nitrogens with zero attached hydrogens (tertiary/aromatic N) is 1. The van der Waals surface area contributed by atoms with Crippen molar-refractivity contribution in [2.45, 2.75) is 36.2 Å². The Balaban J connectivity index is 1.35. The lowest BCUT2D eigenvalue weighted by atomic mass is 9.95. The van der Waals surface area contributed by atoms with E-state index in [4.69, 9.17) is 15.6 Å². The molecule has 0 bridgehead atoms. The van der Waals surface area contributed by atoms with Gasteiger partial charge in [0.1, 0.15) is 6.04 Å². The smallest absolute Gasteiger partial charge is 0.252 e. The van der Waals surface area contributed by atoms with E-state index in [1.807, 2.05) is 18.2 Å². The van der Waals surface area contributed by atoms with Crippen LogP contribution in [-0.2, 0) is 11.2 Å². The Morgan fingerprint density at radius 3 is 2.49 bits per heavy atom. The molecule has 6 heteroatoms. The van der Waals surface area contributed by atoms with Crippen molar-refractivity contribution in [3.63, 3.8) is 0 Å². The Morgan fingerprint density at radius 2 is 1.69 bits per heavy atom. The van der Waals surface area contributed by atoms with E-state index in [-0.39, 0.29) is 17.4 Å². The van der Waals surface area contributed by atoms with E-state index >= 15 is 0 Å². The lowest BCUT2D eigenvalue weighted by Crippen LogP contribution is -2.31. The van der Waals surface area contributed by atoms with Crippen LogP contribution in [0.25, 0.3) is 10.8 Å². The molecule has 4 aromatic rings. The van der Waals surface area contributed by atoms with Crippen molar-refractivity contribution in [2.24, 2.45) is 0 Å². The minimum atomic E-state index is -0.504. The van der Waals surface area contributed by atoms with E-state index in [0.717, 1.165) is 23.4 Å². The standard InChI is InChI=1S/C29H25N3O2S/c30-27(20-8-2-1-3-9-20)34-28(31)24-17-35-29-26(19-13-14-19)22(16-25(33)32(24)29)15-21-11-6-10-18-7-4-5-12-23(18)21/h1-12,16,19,24,30-31H,13-15,17H2. The maximum atomic E-state index is 13.4. The predicted molar refractivity (Wildman–Crippen MR) is 141 cm³/mol. The van der Waals surface area contributed by atoms with E-state index in [1.54, 1.807) is 34.5 Å². The number of hydrogen-bond donors (Lipinski definition) is 2. The average molecular weight is 480 g/mol. The zero-order chi connectivity index (χ0) is 23.9. The minimum Gasteiger partial charge on any atom is -0.423 e. The van der Waals surface area contributed by atoms with Gasteiger partial charge in [0.05, 0.1) is 5.03 Å². The van der Waals surface area contributed by atoms with E-state index in [2.05, 4.69) is 42.5 Å². The normalized spacial score (nSPS) is 16.7. The summed E-state index contributed by atoms with van der Waals surface area (Å²) in [5.41, 5.74) is 4.09. The number of benzene rings is 3. The monoisotopic (exact) mass is 479 g/mol. The summed E-state index contributed by atoms with van der Waals surface area (Å²) in [6.07, 6.45) is 2.98. The van der Waals surface area contributed by atoms with Crippen LogP contribution in [0.3, 0.4) is 0 Å². The summed E-state index contributed by atoms with van der Waals surface area (Å²) in [4.78, 5) is 13.4. The summed E-state index contributed by atoms with van der Waals surface area (Å²) in [6, 6.07) is 25.1. The molecule has 5 nitrogen and oxygen atoms in total. The van der Waals surface area contributed by atoms with Gasteiger partial charge >= 0.3 is 0 Å². The molecule has 174 valence electrons. The summed E-state index contributed by atoms with van der Waals surface area (Å²) < 4.78 is 7.34. The first-order valence-electron chi connectivity index (χ1n) is 11.9. The van der Waals surface area contributed by atoms with Gasteiger partial charge in [0, 0.05) is 17.4 Å². The van der Waals surface area contributed by atoms with Crippen molar-refractivity contribution < 1.29 is 4.74 Å². The number of thioether (sulfide) groups is 1. The van der Waals surface area contributed by atoms with Gasteiger partial charge in [-0.2, -0.15) is 0 Å². The zero-order valence-electron chi connectivity index (χ0n) is 19.2. The fourth-order valence-corrected chi connectivity index (χ4v) is 6.39. The number of fused-ring (bicyclic) bond motifs is 2. The lowest BCUT2D eigenvalue weighted by molar-refractivity contribution is 0.465. The summed E-state index contributed by atoms with van der Waals surface area (Å²) in [6.45, 7) is 0. The first kappa shape index (κ1) is 21.9. The fourth-order valence-electron chi connectivity index (χ4n) is 4.96. The van der Waals surface area contributed by atoms with Crippen LogP contribution in [0.4, 0.5) is 0 Å². The molecule has 1 fully saturated rings. The molecule has 2 N–H and O–H groups in total. The second-order valence-electron chi connectivity index (χ2n) is 9.17. The lowest BCUT2D eigenvalue weighted by Gasteiger charge is -2.19. The SMILES string of the molecule is N=C(OC(=N)C1CSc2c(C3CC3)c(Cc3cccc4ccccc34)cc(=O)n21)c1ccccc1. The molecule has 1 aliphatic heterocycles. The maximum Gasteiger partial charge on any atom is 0.252 e. The first-order valence-corrected chi connectivity index (χ1v) is 12.9. The van der Waals surface area contributed by atoms with Crippen molar-refractivity contribution in [1.29, 1.82) is 10.8 Å². The molecule has 1 atom stereocenters. The number of hydrogen-bond acceptors (Lipinski definition) is 5. The summed E-state index contributed by atoms with van der Waals surface area (Å²) in [7, 11) is 0. The first-order chi connectivity index (χ1) is 17.1. The third kappa shape index (κ3) is 4.08. The highest BCUT2D eigenvalue weighted by atomic mass is 32.2. The van der Waals surface area contributed by atoms with Crippen LogP contribution < -0.4 is 5.56 Å². The van der Waals surface area contributed by atoms with Crippen LogP contribution in [0.5, 0.6) is 0 Å². The number of aromatic nitrogens is 1. The molecular formula is C29H25N3O2S. The Morgan fingerprint density at radius 1 is 0.943 bits per heavy atom. The molecule has 35 heavy (non-hydrogen) atoms. The Kier molecular flexibility index (Phi) is 5.53. The van der Waals surface area contributed by atoms with E-state index in [0.29, 0.717) is 23.7 Å². The van der Waals surface area contributed by atoms with E-state index < -0.39 is 6.04 Å². The van der Waals surface area contributed by atoms with Crippen LogP contribution >= 0.6 is 11.8 Å². The quantitative estimate of drug-likeness (QED) is 0.267. The van der Waals surface area contributed by atoms with Gasteiger partial charge in [0.2, 0.25) is 11.8 Å². The highest BCUT2D eigenvalue weighted by Crippen LogP contribution is 2.48. The Hall–Kier alpha value is -3.64. The largest absolute Gasteiger partial charge is 0.423 e. The van der Waals surface area contributed by atoms with Crippen LogP contribution in [0, 0.1) is 10.8 Å². The van der Waals surface area contributed by atoms with E-state index in [9.17, 15) is 4.79 Å². The molecular weight excluding hydrogens is 454 g/mol. The average Bonchev–Trinajstić information content (AvgIpc) is 3.61. The van der Waals surface area contributed by atoms with Gasteiger partial charge < -0.3 is 4.74 Å². The molecule has 6 rings (SSSR count). The zero-order valence-corrected chi connectivity index (χ0v) is 20.0. The van der Waals surface area contributed by atoms with Crippen molar-refractivity contribution >= 4 is 34.3 Å². The van der Waals surface area contributed by atoms with Gasteiger partial charge in [-0.1, -0.05) is 60.7 Å². The van der Waals surface area contributed by atoms with Crippen molar-refractivity contribution in [3.05, 3.63) is 111 Å². The molecule has 3 aromatic carbocycles. The van der Waals surface area contributed by atoms with Crippen molar-refractivity contribution in [2.75, 3.05) is 5.75 Å². The van der Waals surface area contributed by atoms with Crippen molar-refractivity contribution in [3.8, 4) is 0 Å². The second kappa shape index (κ2) is 8.86. The maximum absolute atomic E-state index is 13.4. The molecule has 1 unspecified atom stereocenters. The van der Waals surface area contributed by atoms with Gasteiger partial charge in [0.15, 0.2) is 0 Å². The summed E-state index contributed by atoms with van der Waals surface area (Å²) in [5, 5.41) is 20.2.